The van der Waals surface area contributed by atoms with Gasteiger partial charge in [0.15, 0.2) is 5.76 Å². The fourth-order valence-electron chi connectivity index (χ4n) is 9.13. The maximum atomic E-state index is 13.9. The van der Waals surface area contributed by atoms with Gasteiger partial charge >= 0.3 is 11.9 Å². The molecule has 4 aliphatic rings. The first-order valence-corrected chi connectivity index (χ1v) is 13.3. The van der Waals surface area contributed by atoms with Crippen molar-refractivity contribution in [1.29, 1.82) is 0 Å². The maximum Gasteiger partial charge on any atom is 0.303 e. The van der Waals surface area contributed by atoms with E-state index in [1.807, 2.05) is 6.92 Å². The molecule has 0 heterocycles. The summed E-state index contributed by atoms with van der Waals surface area (Å²) >= 11 is 0. The van der Waals surface area contributed by atoms with Crippen molar-refractivity contribution in [3.05, 3.63) is 22.9 Å². The molecule has 0 bridgehead atoms. The van der Waals surface area contributed by atoms with Gasteiger partial charge in [-0.25, -0.2) is 0 Å². The van der Waals surface area contributed by atoms with Crippen LogP contribution < -0.4 is 0 Å². The molecule has 0 unspecified atom stereocenters. The summed E-state index contributed by atoms with van der Waals surface area (Å²) < 4.78 is 0. The second-order valence-corrected chi connectivity index (χ2v) is 12.1. The number of Topliss-reactive ketones (excluding diaryl/α,β-unsaturated/α-hetero) is 2. The Balaban J connectivity index is 1.74. The number of aliphatic hydroxyl groups is 3. The van der Waals surface area contributed by atoms with Gasteiger partial charge in [-0.15, -0.1) is 0 Å². The van der Waals surface area contributed by atoms with E-state index >= 15 is 0 Å². The van der Waals surface area contributed by atoms with Crippen molar-refractivity contribution in [2.45, 2.75) is 85.0 Å². The fourth-order valence-corrected chi connectivity index (χ4v) is 9.13. The van der Waals surface area contributed by atoms with Crippen LogP contribution in [0.2, 0.25) is 0 Å². The minimum absolute atomic E-state index is 0.0319. The first kappa shape index (κ1) is 27.2. The molecule has 0 aliphatic heterocycles. The molecule has 9 nitrogen and oxygen atoms in total. The lowest BCUT2D eigenvalue weighted by atomic mass is 9.44. The third-order valence-corrected chi connectivity index (χ3v) is 10.8. The highest BCUT2D eigenvalue weighted by Crippen LogP contribution is 2.73. The molecular formula is C28H38O9. The van der Waals surface area contributed by atoms with Crippen LogP contribution in [0.5, 0.6) is 0 Å². The highest BCUT2D eigenvalue weighted by Gasteiger charge is 2.69. The van der Waals surface area contributed by atoms with Gasteiger partial charge in [0.1, 0.15) is 11.5 Å². The van der Waals surface area contributed by atoms with E-state index in [0.29, 0.717) is 37.7 Å². The molecule has 4 aliphatic carbocycles. The molecule has 5 N–H and O–H groups in total. The third kappa shape index (κ3) is 3.71. The molecule has 0 spiro atoms. The Kier molecular flexibility index (Phi) is 6.74. The van der Waals surface area contributed by atoms with E-state index in [4.69, 9.17) is 5.11 Å². The molecule has 0 saturated heterocycles. The lowest BCUT2D eigenvalue weighted by Gasteiger charge is -2.59. The predicted octanol–water partition coefficient (Wildman–Crippen LogP) is 4.87. The number of aliphatic carboxylic acids is 2. The van der Waals surface area contributed by atoms with Gasteiger partial charge in [-0.2, -0.15) is 0 Å². The summed E-state index contributed by atoms with van der Waals surface area (Å²) in [5, 5.41) is 50.5. The summed E-state index contributed by atoms with van der Waals surface area (Å²) in [5.74, 6) is -4.89. The van der Waals surface area contributed by atoms with Crippen molar-refractivity contribution >= 4 is 23.5 Å². The molecule has 9 heteroatoms. The lowest BCUT2D eigenvalue weighted by Crippen LogP contribution is -2.56. The van der Waals surface area contributed by atoms with Gasteiger partial charge in [0.2, 0.25) is 5.76 Å². The molecular weight excluding hydrogens is 480 g/mol. The smallest absolute Gasteiger partial charge is 0.303 e. The first-order chi connectivity index (χ1) is 17.2. The second kappa shape index (κ2) is 9.17. The first-order valence-electron chi connectivity index (χ1n) is 13.3. The number of ketones is 2. The maximum absolute atomic E-state index is 13.9. The molecule has 4 rings (SSSR count). The van der Waals surface area contributed by atoms with Gasteiger partial charge in [0.05, 0.1) is 5.41 Å². The van der Waals surface area contributed by atoms with E-state index < -0.39 is 51.2 Å². The Morgan fingerprint density at radius 3 is 2.19 bits per heavy atom. The van der Waals surface area contributed by atoms with Crippen LogP contribution in [0.1, 0.15) is 85.0 Å². The van der Waals surface area contributed by atoms with E-state index in [0.717, 1.165) is 0 Å². The van der Waals surface area contributed by atoms with Crippen molar-refractivity contribution in [1.82, 2.24) is 0 Å². The topological polar surface area (TPSA) is 169 Å². The van der Waals surface area contributed by atoms with Crippen molar-refractivity contribution in [3.63, 3.8) is 0 Å². The Labute approximate surface area is 216 Å². The van der Waals surface area contributed by atoms with Crippen LogP contribution in [0.3, 0.4) is 0 Å². The number of hydrogen-bond acceptors (Lipinski definition) is 7. The van der Waals surface area contributed by atoms with E-state index in [-0.39, 0.29) is 61.6 Å². The number of carboxylic acid groups (broad SMARTS) is 2. The zero-order valence-corrected chi connectivity index (χ0v) is 21.7. The van der Waals surface area contributed by atoms with Crippen molar-refractivity contribution < 1.29 is 44.7 Å². The summed E-state index contributed by atoms with van der Waals surface area (Å²) in [7, 11) is 0. The van der Waals surface area contributed by atoms with E-state index in [1.165, 1.54) is 0 Å². The number of rotatable bonds is 8. The molecule has 37 heavy (non-hydrogen) atoms. The SMILES string of the molecule is C[C@H]1C[C@H]2[C@@H]3CCC4=C(O)C(=O)C(O)=C(O)[C@]4(C)[C@H]3CC[C@]2(C)[C@@]1(CCC(=O)O)C(=O)CCCC(=O)O. The van der Waals surface area contributed by atoms with Crippen LogP contribution in [-0.4, -0.2) is 49.0 Å². The zero-order chi connectivity index (χ0) is 27.5. The van der Waals surface area contributed by atoms with E-state index in [1.54, 1.807) is 6.92 Å². The summed E-state index contributed by atoms with van der Waals surface area (Å²) in [6.07, 6.45) is 3.10. The molecule has 3 fully saturated rings. The zero-order valence-electron chi connectivity index (χ0n) is 21.7. The van der Waals surface area contributed by atoms with Crippen LogP contribution in [0.25, 0.3) is 0 Å². The molecule has 0 amide bonds. The minimum Gasteiger partial charge on any atom is -0.507 e. The van der Waals surface area contributed by atoms with Crippen LogP contribution in [0.4, 0.5) is 0 Å². The molecule has 0 aromatic rings. The van der Waals surface area contributed by atoms with Crippen LogP contribution in [0, 0.1) is 39.9 Å². The quantitative estimate of drug-likeness (QED) is 0.301. The van der Waals surface area contributed by atoms with Crippen molar-refractivity contribution in [2.24, 2.45) is 39.9 Å². The summed E-state index contributed by atoms with van der Waals surface area (Å²) in [6, 6.07) is 0. The fraction of sp³-hybridized carbons (Fsp3) is 0.714. The van der Waals surface area contributed by atoms with E-state index in [2.05, 4.69) is 6.92 Å². The monoisotopic (exact) mass is 518 g/mol. The van der Waals surface area contributed by atoms with Gasteiger partial charge in [-0.3, -0.25) is 19.2 Å². The number of aliphatic hydroxyl groups excluding tert-OH is 3. The van der Waals surface area contributed by atoms with Gasteiger partial charge in [0.25, 0.3) is 5.78 Å². The lowest BCUT2D eigenvalue weighted by molar-refractivity contribution is -0.150. The molecule has 204 valence electrons. The molecule has 0 aromatic carbocycles. The van der Waals surface area contributed by atoms with Crippen LogP contribution >= 0.6 is 0 Å². The highest BCUT2D eigenvalue weighted by molar-refractivity contribution is 6.07. The number of carbonyl (C=O) groups excluding carboxylic acids is 2. The van der Waals surface area contributed by atoms with Gasteiger partial charge in [-0.1, -0.05) is 13.8 Å². The second-order valence-electron chi connectivity index (χ2n) is 12.1. The van der Waals surface area contributed by atoms with Crippen molar-refractivity contribution in [2.75, 3.05) is 0 Å². The summed E-state index contributed by atoms with van der Waals surface area (Å²) in [4.78, 5) is 48.9. The predicted molar refractivity (Wildman–Crippen MR) is 132 cm³/mol. The third-order valence-electron chi connectivity index (χ3n) is 10.8. The van der Waals surface area contributed by atoms with Gasteiger partial charge < -0.3 is 25.5 Å². The average Bonchev–Trinajstić information content (AvgIpc) is 3.06. The van der Waals surface area contributed by atoms with Crippen LogP contribution in [0.15, 0.2) is 22.9 Å². The summed E-state index contributed by atoms with van der Waals surface area (Å²) in [6.45, 7) is 5.85. The van der Waals surface area contributed by atoms with Gasteiger partial charge in [0, 0.05) is 24.7 Å². The largest absolute Gasteiger partial charge is 0.507 e. The molecule has 0 aromatic heterocycles. The highest BCUT2D eigenvalue weighted by atomic mass is 16.4. The standard InChI is InChI=1S/C28H38O9/c1-14-13-18-15-7-8-17-22(34)23(35)24(36)25(37)27(17,3)16(15)9-11-26(18,2)28(14,12-10-21(32)33)19(29)5-4-6-20(30)31/h14-16,18,34,36-37H,4-13H2,1-3H3,(H,30,31)(H,32,33)/t14-,15+,16-,18-,26-,27+,28+/m0/s1. The number of carboxylic acids is 2. The molecule has 7 atom stereocenters. The normalized spacial score (nSPS) is 39.2. The van der Waals surface area contributed by atoms with Crippen molar-refractivity contribution in [3.8, 4) is 0 Å². The minimum atomic E-state index is -1.09. The summed E-state index contributed by atoms with van der Waals surface area (Å²) in [5.41, 5.74) is -2.06. The Morgan fingerprint density at radius 1 is 0.919 bits per heavy atom. The number of allylic oxidation sites excluding steroid dienone is 1. The Hall–Kier alpha value is -2.84. The molecule has 3 saturated carbocycles. The Morgan fingerprint density at radius 2 is 1.57 bits per heavy atom. The van der Waals surface area contributed by atoms with Crippen LogP contribution in [-0.2, 0) is 19.2 Å². The number of fused-ring (bicyclic) bond motifs is 5. The van der Waals surface area contributed by atoms with E-state index in [9.17, 15) is 39.6 Å². The number of carbonyl (C=O) groups is 4. The number of hydrogen-bond donors (Lipinski definition) is 5. The molecule has 0 radical (unpaired) electrons. The van der Waals surface area contributed by atoms with Gasteiger partial charge in [-0.05, 0) is 86.5 Å². The Bertz CT molecular complexity index is 1100. The average molecular weight is 519 g/mol.